The molecule has 0 aliphatic heterocycles. The van der Waals surface area contributed by atoms with Gasteiger partial charge in [0.25, 0.3) is 5.69 Å². The Morgan fingerprint density at radius 1 is 1.24 bits per heavy atom. The molecule has 0 atom stereocenters. The molecule has 0 bridgehead atoms. The Labute approximate surface area is 146 Å². The minimum Gasteiger partial charge on any atom is -0.258 e. The fourth-order valence-corrected chi connectivity index (χ4v) is 2.82. The Kier molecular flexibility index (Phi) is 4.50. The Balaban J connectivity index is 2.22. The summed E-state index contributed by atoms with van der Waals surface area (Å²) < 4.78 is 14.7. The molecule has 0 unspecified atom stereocenters. The molecular formula is C17H11FN4O2S. The predicted molar refractivity (Wildman–Crippen MR) is 92.1 cm³/mol. The standard InChI is InChI=1S/C17H11FN4O2S/c1-25-14-5-2-11(3-6-14)16-9-13(10-19)20-21(16)15-7-4-12(18)8-17(15)22(23)24/h2-9H,1H3. The van der Waals surface area contributed by atoms with Crippen molar-refractivity contribution < 1.29 is 9.31 Å². The Bertz CT molecular complexity index is 993. The second kappa shape index (κ2) is 6.75. The van der Waals surface area contributed by atoms with E-state index < -0.39 is 16.4 Å². The van der Waals surface area contributed by atoms with E-state index in [1.807, 2.05) is 36.6 Å². The van der Waals surface area contributed by atoms with Gasteiger partial charge in [0.2, 0.25) is 0 Å². The average Bonchev–Trinajstić information content (AvgIpc) is 3.06. The van der Waals surface area contributed by atoms with E-state index in [2.05, 4.69) is 5.10 Å². The first-order valence-electron chi connectivity index (χ1n) is 7.12. The first-order chi connectivity index (χ1) is 12.0. The molecule has 0 radical (unpaired) electrons. The van der Waals surface area contributed by atoms with Crippen LogP contribution in [0.2, 0.25) is 0 Å². The van der Waals surface area contributed by atoms with Gasteiger partial charge < -0.3 is 0 Å². The lowest BCUT2D eigenvalue weighted by molar-refractivity contribution is -0.384. The third-order valence-corrected chi connectivity index (χ3v) is 4.32. The van der Waals surface area contributed by atoms with E-state index >= 15 is 0 Å². The van der Waals surface area contributed by atoms with E-state index in [4.69, 9.17) is 5.26 Å². The zero-order valence-corrected chi connectivity index (χ0v) is 13.8. The largest absolute Gasteiger partial charge is 0.297 e. The topological polar surface area (TPSA) is 84.8 Å². The highest BCUT2D eigenvalue weighted by atomic mass is 32.2. The van der Waals surface area contributed by atoms with Crippen LogP contribution in [0.5, 0.6) is 0 Å². The molecule has 0 fully saturated rings. The van der Waals surface area contributed by atoms with Crippen molar-refractivity contribution in [3.63, 3.8) is 0 Å². The van der Waals surface area contributed by atoms with E-state index in [-0.39, 0.29) is 11.4 Å². The summed E-state index contributed by atoms with van der Waals surface area (Å²) in [5.41, 5.74) is 1.04. The number of nitriles is 1. The Morgan fingerprint density at radius 2 is 1.96 bits per heavy atom. The molecule has 0 aliphatic rings. The van der Waals surface area contributed by atoms with Crippen LogP contribution in [0.1, 0.15) is 5.69 Å². The van der Waals surface area contributed by atoms with Crippen molar-refractivity contribution in [3.8, 4) is 23.0 Å². The lowest BCUT2D eigenvalue weighted by atomic mass is 10.1. The summed E-state index contributed by atoms with van der Waals surface area (Å²) in [7, 11) is 0. The van der Waals surface area contributed by atoms with Crippen LogP contribution >= 0.6 is 11.8 Å². The fraction of sp³-hybridized carbons (Fsp3) is 0.0588. The minimum atomic E-state index is -0.714. The highest BCUT2D eigenvalue weighted by Crippen LogP contribution is 2.30. The van der Waals surface area contributed by atoms with Crippen LogP contribution in [0.4, 0.5) is 10.1 Å². The summed E-state index contributed by atoms with van der Waals surface area (Å²) in [6.07, 6.45) is 1.95. The van der Waals surface area contributed by atoms with Gasteiger partial charge in [0, 0.05) is 16.5 Å². The molecule has 124 valence electrons. The molecule has 0 saturated carbocycles. The highest BCUT2D eigenvalue weighted by Gasteiger charge is 2.21. The highest BCUT2D eigenvalue weighted by molar-refractivity contribution is 7.98. The lowest BCUT2D eigenvalue weighted by Gasteiger charge is -2.08. The van der Waals surface area contributed by atoms with Gasteiger partial charge in [-0.05, 0) is 30.5 Å². The second-order valence-corrected chi connectivity index (χ2v) is 5.94. The normalized spacial score (nSPS) is 10.4. The number of hydrogen-bond donors (Lipinski definition) is 0. The van der Waals surface area contributed by atoms with Crippen LogP contribution < -0.4 is 0 Å². The summed E-state index contributed by atoms with van der Waals surface area (Å²) >= 11 is 1.59. The van der Waals surface area contributed by atoms with E-state index in [0.717, 1.165) is 22.6 Å². The van der Waals surface area contributed by atoms with Crippen molar-refractivity contribution in [2.24, 2.45) is 0 Å². The van der Waals surface area contributed by atoms with Crippen LogP contribution in [-0.2, 0) is 0 Å². The number of nitrogens with zero attached hydrogens (tertiary/aromatic N) is 4. The van der Waals surface area contributed by atoms with E-state index in [9.17, 15) is 14.5 Å². The third-order valence-electron chi connectivity index (χ3n) is 3.57. The third kappa shape index (κ3) is 3.22. The van der Waals surface area contributed by atoms with Gasteiger partial charge >= 0.3 is 0 Å². The van der Waals surface area contributed by atoms with Crippen molar-refractivity contribution in [2.75, 3.05) is 6.26 Å². The molecule has 0 amide bonds. The monoisotopic (exact) mass is 354 g/mol. The molecule has 25 heavy (non-hydrogen) atoms. The molecule has 0 N–H and O–H groups in total. The van der Waals surface area contributed by atoms with Gasteiger partial charge in [-0.3, -0.25) is 10.1 Å². The van der Waals surface area contributed by atoms with Crippen molar-refractivity contribution in [2.45, 2.75) is 4.90 Å². The van der Waals surface area contributed by atoms with E-state index in [1.165, 1.54) is 10.7 Å². The molecule has 6 nitrogen and oxygen atoms in total. The molecule has 8 heteroatoms. The zero-order chi connectivity index (χ0) is 18.0. The Hall–Kier alpha value is -3.18. The quantitative estimate of drug-likeness (QED) is 0.399. The first kappa shape index (κ1) is 16.7. The van der Waals surface area contributed by atoms with Gasteiger partial charge in [-0.25, -0.2) is 9.07 Å². The molecule has 1 heterocycles. The summed E-state index contributed by atoms with van der Waals surface area (Å²) in [6, 6.07) is 14.2. The van der Waals surface area contributed by atoms with Crippen LogP contribution in [0.25, 0.3) is 16.9 Å². The van der Waals surface area contributed by atoms with Crippen molar-refractivity contribution in [1.29, 1.82) is 5.26 Å². The lowest BCUT2D eigenvalue weighted by Crippen LogP contribution is -2.04. The molecular weight excluding hydrogens is 343 g/mol. The fourth-order valence-electron chi connectivity index (χ4n) is 2.41. The molecule has 0 saturated heterocycles. The van der Waals surface area contributed by atoms with Gasteiger partial charge in [-0.15, -0.1) is 11.8 Å². The number of nitro benzene ring substituents is 1. The average molecular weight is 354 g/mol. The van der Waals surface area contributed by atoms with Gasteiger partial charge in [-0.2, -0.15) is 10.4 Å². The molecule has 3 aromatic rings. The number of halogens is 1. The van der Waals surface area contributed by atoms with Crippen molar-refractivity contribution in [1.82, 2.24) is 9.78 Å². The van der Waals surface area contributed by atoms with Gasteiger partial charge in [0.05, 0.1) is 16.7 Å². The van der Waals surface area contributed by atoms with Crippen LogP contribution in [0, 0.1) is 27.3 Å². The maximum absolute atomic E-state index is 13.4. The second-order valence-electron chi connectivity index (χ2n) is 5.06. The van der Waals surface area contributed by atoms with E-state index in [0.29, 0.717) is 5.69 Å². The number of aromatic nitrogens is 2. The van der Waals surface area contributed by atoms with Gasteiger partial charge in [0.15, 0.2) is 5.69 Å². The number of hydrogen-bond acceptors (Lipinski definition) is 5. The molecule has 2 aromatic carbocycles. The molecule has 0 spiro atoms. The van der Waals surface area contributed by atoms with E-state index in [1.54, 1.807) is 17.8 Å². The number of thioether (sulfide) groups is 1. The molecule has 0 aliphatic carbocycles. The number of nitro groups is 1. The van der Waals surface area contributed by atoms with Crippen LogP contribution in [0.3, 0.4) is 0 Å². The van der Waals surface area contributed by atoms with Crippen LogP contribution in [-0.4, -0.2) is 21.0 Å². The number of benzene rings is 2. The smallest absolute Gasteiger partial charge is 0.258 e. The predicted octanol–water partition coefficient (Wildman–Crippen LogP) is 4.18. The number of rotatable bonds is 4. The Morgan fingerprint density at radius 3 is 2.56 bits per heavy atom. The van der Waals surface area contributed by atoms with Crippen molar-refractivity contribution in [3.05, 3.63) is 70.2 Å². The maximum atomic E-state index is 13.4. The SMILES string of the molecule is CSc1ccc(-c2cc(C#N)nn2-c2ccc(F)cc2[N+](=O)[O-])cc1. The van der Waals surface area contributed by atoms with Gasteiger partial charge in [-0.1, -0.05) is 12.1 Å². The summed E-state index contributed by atoms with van der Waals surface area (Å²) in [4.78, 5) is 11.7. The zero-order valence-electron chi connectivity index (χ0n) is 13.0. The van der Waals surface area contributed by atoms with Crippen LogP contribution in [0.15, 0.2) is 53.4 Å². The van der Waals surface area contributed by atoms with Gasteiger partial charge in [0.1, 0.15) is 17.6 Å². The molecule has 3 rings (SSSR count). The first-order valence-corrected chi connectivity index (χ1v) is 8.35. The minimum absolute atomic E-state index is 0.0943. The van der Waals surface area contributed by atoms with Crippen molar-refractivity contribution >= 4 is 17.4 Å². The maximum Gasteiger partial charge on any atom is 0.297 e. The summed E-state index contributed by atoms with van der Waals surface area (Å²) in [5, 5.41) is 24.5. The summed E-state index contributed by atoms with van der Waals surface area (Å²) in [5.74, 6) is -0.714. The summed E-state index contributed by atoms with van der Waals surface area (Å²) in [6.45, 7) is 0. The molecule has 1 aromatic heterocycles.